The normalized spacial score (nSPS) is 9.27. The third-order valence-corrected chi connectivity index (χ3v) is 1.46. The van der Waals surface area contributed by atoms with Gasteiger partial charge < -0.3 is 10.1 Å². The predicted octanol–water partition coefficient (Wildman–Crippen LogP) is 1.28. The molecule has 0 fully saturated rings. The molecule has 64 valence electrons. The van der Waals surface area contributed by atoms with Gasteiger partial charge in [-0.3, -0.25) is 0 Å². The summed E-state index contributed by atoms with van der Waals surface area (Å²) < 4.78 is 0. The van der Waals surface area contributed by atoms with Crippen LogP contribution in [0.3, 0.4) is 0 Å². The quantitative estimate of drug-likeness (QED) is 0.729. The first kappa shape index (κ1) is 10.5. The molecule has 1 rings (SSSR count). The maximum Gasteiger partial charge on any atom is 0.0926 e. The van der Waals surface area contributed by atoms with Crippen LogP contribution in [0.5, 0.6) is 0 Å². The first-order chi connectivity index (χ1) is 4.88. The van der Waals surface area contributed by atoms with Crippen molar-refractivity contribution < 1.29 is 5.11 Å². The number of halogens is 1. The van der Waals surface area contributed by atoms with E-state index in [0.717, 1.165) is 24.2 Å². The minimum atomic E-state index is 0. The largest absolute Gasteiger partial charge is 0.390 e. The van der Waals surface area contributed by atoms with Gasteiger partial charge in [0.05, 0.1) is 18.6 Å². The summed E-state index contributed by atoms with van der Waals surface area (Å²) in [6.45, 7) is 2.14. The second kappa shape index (κ2) is 5.16. The van der Waals surface area contributed by atoms with Crippen molar-refractivity contribution >= 4 is 12.4 Å². The van der Waals surface area contributed by atoms with Gasteiger partial charge in [0.2, 0.25) is 0 Å². The Hall–Kier alpha value is -0.540. The highest BCUT2D eigenvalue weighted by atomic mass is 35.5. The molecule has 0 bridgehead atoms. The fraction of sp³-hybridized carbons (Fsp3) is 0.571. The first-order valence-corrected chi connectivity index (χ1v) is 3.50. The Morgan fingerprint density at radius 2 is 2.36 bits per heavy atom. The van der Waals surface area contributed by atoms with Gasteiger partial charge in [0.1, 0.15) is 0 Å². The molecule has 1 aromatic heterocycles. The van der Waals surface area contributed by atoms with Gasteiger partial charge in [-0.05, 0) is 6.42 Å². The van der Waals surface area contributed by atoms with E-state index >= 15 is 0 Å². The summed E-state index contributed by atoms with van der Waals surface area (Å²) in [5, 5.41) is 8.75. The van der Waals surface area contributed by atoms with Gasteiger partial charge in [-0.1, -0.05) is 13.3 Å². The van der Waals surface area contributed by atoms with Crippen LogP contribution in [0.15, 0.2) is 6.33 Å². The summed E-state index contributed by atoms with van der Waals surface area (Å²) in [6, 6.07) is 0. The molecule has 1 aromatic rings. The van der Waals surface area contributed by atoms with Gasteiger partial charge in [-0.15, -0.1) is 12.4 Å². The number of aromatic amines is 1. The second-order valence-corrected chi connectivity index (χ2v) is 2.24. The molecule has 2 N–H and O–H groups in total. The van der Waals surface area contributed by atoms with Crippen LogP contribution in [-0.2, 0) is 13.0 Å². The number of nitrogens with one attached hydrogen (secondary N) is 1. The molecule has 11 heavy (non-hydrogen) atoms. The number of nitrogens with zero attached hydrogens (tertiary/aromatic N) is 1. The monoisotopic (exact) mass is 176 g/mol. The van der Waals surface area contributed by atoms with Crippen LogP contribution in [0.4, 0.5) is 0 Å². The Morgan fingerprint density at radius 3 is 2.91 bits per heavy atom. The molecule has 0 aliphatic heterocycles. The number of aromatic nitrogens is 2. The fourth-order valence-corrected chi connectivity index (χ4v) is 0.952. The molecule has 1 heterocycles. The standard InChI is InChI=1S/C7H12N2O.ClH/c1-2-3-6-7(4-10)9-5-8-6;/h5,10H,2-4H2,1H3,(H,8,9);1H. The van der Waals surface area contributed by atoms with Gasteiger partial charge >= 0.3 is 0 Å². The number of aliphatic hydroxyl groups excluding tert-OH is 1. The zero-order valence-corrected chi connectivity index (χ0v) is 7.32. The molecule has 0 aliphatic carbocycles. The summed E-state index contributed by atoms with van der Waals surface area (Å²) in [5.41, 5.74) is 1.84. The summed E-state index contributed by atoms with van der Waals surface area (Å²) in [4.78, 5) is 6.93. The number of H-pyrrole nitrogens is 1. The molecule has 0 unspecified atom stereocenters. The van der Waals surface area contributed by atoms with Gasteiger partial charge in [-0.25, -0.2) is 4.98 Å². The highest BCUT2D eigenvalue weighted by Gasteiger charge is 2.00. The van der Waals surface area contributed by atoms with Crippen molar-refractivity contribution in [1.29, 1.82) is 0 Å². The molecule has 0 spiro atoms. The Bertz CT molecular complexity index is 200. The van der Waals surface area contributed by atoms with E-state index in [9.17, 15) is 0 Å². The Labute approximate surface area is 72.3 Å². The average Bonchev–Trinajstić information content (AvgIpc) is 2.36. The average molecular weight is 177 g/mol. The van der Waals surface area contributed by atoms with Crippen LogP contribution in [-0.4, -0.2) is 15.1 Å². The number of hydrogen-bond donors (Lipinski definition) is 2. The van der Waals surface area contributed by atoms with E-state index in [1.807, 2.05) is 0 Å². The first-order valence-electron chi connectivity index (χ1n) is 3.50. The van der Waals surface area contributed by atoms with E-state index in [1.165, 1.54) is 0 Å². The Morgan fingerprint density at radius 1 is 1.64 bits per heavy atom. The summed E-state index contributed by atoms with van der Waals surface area (Å²) >= 11 is 0. The lowest BCUT2D eigenvalue weighted by Crippen LogP contribution is -1.91. The molecule has 0 saturated heterocycles. The van der Waals surface area contributed by atoms with Crippen molar-refractivity contribution in [2.75, 3.05) is 0 Å². The Balaban J connectivity index is 0.000001000. The smallest absolute Gasteiger partial charge is 0.0926 e. The number of aryl methyl sites for hydroxylation is 1. The van der Waals surface area contributed by atoms with Gasteiger partial charge in [0.25, 0.3) is 0 Å². The van der Waals surface area contributed by atoms with E-state index in [2.05, 4.69) is 16.9 Å². The third-order valence-electron chi connectivity index (χ3n) is 1.46. The van der Waals surface area contributed by atoms with Crippen molar-refractivity contribution in [3.63, 3.8) is 0 Å². The molecule has 3 nitrogen and oxygen atoms in total. The minimum Gasteiger partial charge on any atom is -0.390 e. The van der Waals surface area contributed by atoms with Crippen molar-refractivity contribution in [1.82, 2.24) is 9.97 Å². The van der Waals surface area contributed by atoms with Crippen LogP contribution in [0.1, 0.15) is 24.7 Å². The topological polar surface area (TPSA) is 48.9 Å². The van der Waals surface area contributed by atoms with Crippen LogP contribution in [0, 0.1) is 0 Å². The number of imidazole rings is 1. The Kier molecular flexibility index (Phi) is 4.90. The van der Waals surface area contributed by atoms with Crippen LogP contribution >= 0.6 is 12.4 Å². The molecule has 0 atom stereocenters. The zero-order chi connectivity index (χ0) is 7.40. The molecule has 0 aliphatic rings. The molecular weight excluding hydrogens is 164 g/mol. The summed E-state index contributed by atoms with van der Waals surface area (Å²) in [6.07, 6.45) is 3.67. The maximum absolute atomic E-state index is 8.75. The molecule has 0 amide bonds. The molecular formula is C7H13ClN2O. The van der Waals surface area contributed by atoms with E-state index in [0.29, 0.717) is 0 Å². The molecule has 4 heteroatoms. The molecule has 0 aromatic carbocycles. The molecule has 0 radical (unpaired) electrons. The van der Waals surface area contributed by atoms with E-state index in [1.54, 1.807) is 6.33 Å². The summed E-state index contributed by atoms with van der Waals surface area (Å²) in [7, 11) is 0. The summed E-state index contributed by atoms with van der Waals surface area (Å²) in [5.74, 6) is 0. The van der Waals surface area contributed by atoms with E-state index in [4.69, 9.17) is 5.11 Å². The lowest BCUT2D eigenvalue weighted by Gasteiger charge is -1.94. The SMILES string of the molecule is CCCc1[nH]cnc1CO.Cl. The minimum absolute atomic E-state index is 0. The fourth-order valence-electron chi connectivity index (χ4n) is 0.952. The van der Waals surface area contributed by atoms with Crippen LogP contribution in [0.2, 0.25) is 0 Å². The maximum atomic E-state index is 8.75. The van der Waals surface area contributed by atoms with Gasteiger partial charge in [0.15, 0.2) is 0 Å². The van der Waals surface area contributed by atoms with Crippen molar-refractivity contribution in [2.24, 2.45) is 0 Å². The third kappa shape index (κ3) is 2.52. The second-order valence-electron chi connectivity index (χ2n) is 2.24. The van der Waals surface area contributed by atoms with Gasteiger partial charge in [-0.2, -0.15) is 0 Å². The zero-order valence-electron chi connectivity index (χ0n) is 6.50. The number of aliphatic hydroxyl groups is 1. The van der Waals surface area contributed by atoms with Crippen LogP contribution < -0.4 is 0 Å². The highest BCUT2D eigenvalue weighted by Crippen LogP contribution is 2.04. The van der Waals surface area contributed by atoms with Crippen LogP contribution in [0.25, 0.3) is 0 Å². The lowest BCUT2D eigenvalue weighted by molar-refractivity contribution is 0.276. The van der Waals surface area contributed by atoms with Crippen molar-refractivity contribution in [2.45, 2.75) is 26.4 Å². The van der Waals surface area contributed by atoms with Gasteiger partial charge in [0, 0.05) is 5.69 Å². The van der Waals surface area contributed by atoms with Crippen molar-refractivity contribution in [3.8, 4) is 0 Å². The van der Waals surface area contributed by atoms with E-state index in [-0.39, 0.29) is 19.0 Å². The number of hydrogen-bond acceptors (Lipinski definition) is 2. The van der Waals surface area contributed by atoms with Crippen molar-refractivity contribution in [3.05, 3.63) is 17.7 Å². The predicted molar refractivity (Wildman–Crippen MR) is 45.8 cm³/mol. The molecule has 0 saturated carbocycles. The highest BCUT2D eigenvalue weighted by molar-refractivity contribution is 5.85. The van der Waals surface area contributed by atoms with E-state index < -0.39 is 0 Å². The number of rotatable bonds is 3. The lowest BCUT2D eigenvalue weighted by atomic mass is 10.2.